The summed E-state index contributed by atoms with van der Waals surface area (Å²) in [7, 11) is 0. The fourth-order valence-electron chi connectivity index (χ4n) is 2.62. The summed E-state index contributed by atoms with van der Waals surface area (Å²) >= 11 is 0. The smallest absolute Gasteiger partial charge is 0.119 e. The molecular formula is C23H25NO. The van der Waals surface area contributed by atoms with E-state index in [0.29, 0.717) is 0 Å². The van der Waals surface area contributed by atoms with Crippen molar-refractivity contribution in [2.45, 2.75) is 32.9 Å². The van der Waals surface area contributed by atoms with Gasteiger partial charge in [0.2, 0.25) is 0 Å². The van der Waals surface area contributed by atoms with Crippen molar-refractivity contribution in [2.24, 2.45) is 0 Å². The normalized spacial score (nSPS) is 11.8. The van der Waals surface area contributed by atoms with E-state index in [4.69, 9.17) is 4.74 Å². The predicted molar refractivity (Wildman–Crippen MR) is 106 cm³/mol. The van der Waals surface area contributed by atoms with Crippen molar-refractivity contribution in [3.05, 3.63) is 84.4 Å². The van der Waals surface area contributed by atoms with E-state index < -0.39 is 0 Å². The standard InChI is InChI=1S/C23H25NO/c1-3-18(2)25-23-15-13-22(14-16-23)24-17-19-9-11-21(12-10-19)20-7-5-4-6-8-20/h4-16,18,24H,3,17H2,1-2H3. The van der Waals surface area contributed by atoms with E-state index in [2.05, 4.69) is 79.8 Å². The van der Waals surface area contributed by atoms with Crippen LogP contribution in [0.2, 0.25) is 0 Å². The van der Waals surface area contributed by atoms with Crippen LogP contribution in [0.15, 0.2) is 78.9 Å². The summed E-state index contributed by atoms with van der Waals surface area (Å²) in [5.41, 5.74) is 4.86. The van der Waals surface area contributed by atoms with Gasteiger partial charge in [-0.25, -0.2) is 0 Å². The Labute approximate surface area is 150 Å². The molecule has 0 amide bonds. The van der Waals surface area contributed by atoms with Gasteiger partial charge in [0.15, 0.2) is 0 Å². The van der Waals surface area contributed by atoms with Crippen molar-refractivity contribution in [3.63, 3.8) is 0 Å². The Balaban J connectivity index is 1.56. The molecule has 1 atom stereocenters. The summed E-state index contributed by atoms with van der Waals surface area (Å²) in [6.45, 7) is 5.02. The van der Waals surface area contributed by atoms with E-state index in [1.165, 1.54) is 16.7 Å². The van der Waals surface area contributed by atoms with Crippen LogP contribution in [0.5, 0.6) is 5.75 Å². The number of nitrogens with one attached hydrogen (secondary N) is 1. The number of hydrogen-bond acceptors (Lipinski definition) is 2. The van der Waals surface area contributed by atoms with Crippen LogP contribution in [0.3, 0.4) is 0 Å². The zero-order chi connectivity index (χ0) is 17.5. The molecule has 0 bridgehead atoms. The first-order chi connectivity index (χ1) is 12.2. The molecule has 25 heavy (non-hydrogen) atoms. The summed E-state index contributed by atoms with van der Waals surface area (Å²) in [6.07, 6.45) is 1.26. The second-order valence-corrected chi connectivity index (χ2v) is 6.28. The van der Waals surface area contributed by atoms with Crippen LogP contribution in [-0.2, 0) is 6.54 Å². The van der Waals surface area contributed by atoms with Gasteiger partial charge in [0.05, 0.1) is 6.10 Å². The third kappa shape index (κ3) is 4.87. The lowest BCUT2D eigenvalue weighted by atomic mass is 10.0. The van der Waals surface area contributed by atoms with Gasteiger partial charge in [-0.2, -0.15) is 0 Å². The Morgan fingerprint density at radius 1 is 0.800 bits per heavy atom. The van der Waals surface area contributed by atoms with E-state index in [1.54, 1.807) is 0 Å². The maximum absolute atomic E-state index is 5.81. The van der Waals surface area contributed by atoms with Crippen molar-refractivity contribution in [1.29, 1.82) is 0 Å². The Hall–Kier alpha value is -2.74. The van der Waals surface area contributed by atoms with Gasteiger partial charge in [-0.15, -0.1) is 0 Å². The van der Waals surface area contributed by atoms with Gasteiger partial charge >= 0.3 is 0 Å². The van der Waals surface area contributed by atoms with Gasteiger partial charge in [-0.05, 0) is 54.3 Å². The number of rotatable bonds is 7. The van der Waals surface area contributed by atoms with E-state index in [0.717, 1.165) is 24.4 Å². The molecule has 0 aliphatic heterocycles. The van der Waals surface area contributed by atoms with Gasteiger partial charge in [0.1, 0.15) is 5.75 Å². The fraction of sp³-hybridized carbons (Fsp3) is 0.217. The lowest BCUT2D eigenvalue weighted by Crippen LogP contribution is -2.09. The van der Waals surface area contributed by atoms with Crippen LogP contribution in [0, 0.1) is 0 Å². The maximum atomic E-state index is 5.81. The van der Waals surface area contributed by atoms with Gasteiger partial charge in [0, 0.05) is 12.2 Å². The van der Waals surface area contributed by atoms with Crippen molar-refractivity contribution in [3.8, 4) is 16.9 Å². The molecule has 0 spiro atoms. The summed E-state index contributed by atoms with van der Waals surface area (Å²) in [4.78, 5) is 0. The number of benzene rings is 3. The highest BCUT2D eigenvalue weighted by atomic mass is 16.5. The Bertz CT molecular complexity index is 763. The number of hydrogen-bond donors (Lipinski definition) is 1. The Morgan fingerprint density at radius 2 is 1.44 bits per heavy atom. The monoisotopic (exact) mass is 331 g/mol. The maximum Gasteiger partial charge on any atom is 0.119 e. The van der Waals surface area contributed by atoms with Crippen LogP contribution in [-0.4, -0.2) is 6.10 Å². The molecule has 3 aromatic rings. The van der Waals surface area contributed by atoms with Crippen molar-refractivity contribution in [1.82, 2.24) is 0 Å². The van der Waals surface area contributed by atoms with E-state index in [9.17, 15) is 0 Å². The molecule has 3 aromatic carbocycles. The topological polar surface area (TPSA) is 21.3 Å². The highest BCUT2D eigenvalue weighted by molar-refractivity contribution is 5.63. The quantitative estimate of drug-likeness (QED) is 0.561. The van der Waals surface area contributed by atoms with E-state index in [1.807, 2.05) is 18.2 Å². The fourth-order valence-corrected chi connectivity index (χ4v) is 2.62. The average molecular weight is 331 g/mol. The minimum absolute atomic E-state index is 0.252. The van der Waals surface area contributed by atoms with Crippen LogP contribution >= 0.6 is 0 Å². The Kier molecular flexibility index (Phi) is 5.73. The predicted octanol–water partition coefficient (Wildman–Crippen LogP) is 6.14. The highest BCUT2D eigenvalue weighted by Crippen LogP contribution is 2.21. The molecule has 0 radical (unpaired) electrons. The molecule has 0 fully saturated rings. The average Bonchev–Trinajstić information content (AvgIpc) is 2.68. The second-order valence-electron chi connectivity index (χ2n) is 6.28. The minimum atomic E-state index is 0.252. The molecular weight excluding hydrogens is 306 g/mol. The van der Waals surface area contributed by atoms with Gasteiger partial charge in [-0.1, -0.05) is 61.5 Å². The molecule has 0 saturated carbocycles. The van der Waals surface area contributed by atoms with Crippen LogP contribution in [0.25, 0.3) is 11.1 Å². The van der Waals surface area contributed by atoms with Crippen LogP contribution in [0.4, 0.5) is 5.69 Å². The molecule has 0 aliphatic carbocycles. The number of ether oxygens (including phenoxy) is 1. The molecule has 1 unspecified atom stereocenters. The second kappa shape index (κ2) is 8.39. The first kappa shape index (κ1) is 17.1. The van der Waals surface area contributed by atoms with Gasteiger partial charge < -0.3 is 10.1 Å². The van der Waals surface area contributed by atoms with Crippen LogP contribution < -0.4 is 10.1 Å². The van der Waals surface area contributed by atoms with Crippen molar-refractivity contribution >= 4 is 5.69 Å². The highest BCUT2D eigenvalue weighted by Gasteiger charge is 2.01. The molecule has 0 aliphatic rings. The summed E-state index contributed by atoms with van der Waals surface area (Å²) in [5.74, 6) is 0.923. The molecule has 2 heteroatoms. The lowest BCUT2D eigenvalue weighted by molar-refractivity contribution is 0.217. The van der Waals surface area contributed by atoms with Gasteiger partial charge in [0.25, 0.3) is 0 Å². The van der Waals surface area contributed by atoms with Crippen molar-refractivity contribution in [2.75, 3.05) is 5.32 Å². The van der Waals surface area contributed by atoms with E-state index in [-0.39, 0.29) is 6.10 Å². The number of anilines is 1. The molecule has 2 nitrogen and oxygen atoms in total. The summed E-state index contributed by atoms with van der Waals surface area (Å²) in [6, 6.07) is 27.3. The molecule has 0 aromatic heterocycles. The van der Waals surface area contributed by atoms with Gasteiger partial charge in [-0.3, -0.25) is 0 Å². The minimum Gasteiger partial charge on any atom is -0.491 e. The molecule has 0 heterocycles. The molecule has 3 rings (SSSR count). The molecule has 128 valence electrons. The summed E-state index contributed by atoms with van der Waals surface area (Å²) < 4.78 is 5.81. The lowest BCUT2D eigenvalue weighted by Gasteiger charge is -2.13. The SMILES string of the molecule is CCC(C)Oc1ccc(NCc2ccc(-c3ccccc3)cc2)cc1. The Morgan fingerprint density at radius 3 is 2.08 bits per heavy atom. The zero-order valence-electron chi connectivity index (χ0n) is 14.9. The molecule has 0 saturated heterocycles. The molecule has 1 N–H and O–H groups in total. The first-order valence-electron chi connectivity index (χ1n) is 8.89. The third-order valence-corrected chi connectivity index (χ3v) is 4.32. The summed E-state index contributed by atoms with van der Waals surface area (Å²) in [5, 5.41) is 3.46. The zero-order valence-corrected chi connectivity index (χ0v) is 14.9. The largest absolute Gasteiger partial charge is 0.491 e. The first-order valence-corrected chi connectivity index (χ1v) is 8.89. The van der Waals surface area contributed by atoms with Crippen molar-refractivity contribution < 1.29 is 4.74 Å². The third-order valence-electron chi connectivity index (χ3n) is 4.32. The van der Waals surface area contributed by atoms with E-state index >= 15 is 0 Å². The van der Waals surface area contributed by atoms with Crippen LogP contribution in [0.1, 0.15) is 25.8 Å².